The molecule has 10 heteroatoms. The standard InChI is InChI=1S/C22H20N4O6/c27-18(24-17-8-4-3-7-16(17)20(29)23-13-9-10-13)12-32-19(28)11-26-22(31)15-6-2-1-5-14(15)21(30)25-26/h1-8,13H,9-12H2,(H,23,29)(H,24,27)(H,25,30). The van der Waals surface area contributed by atoms with Crippen molar-refractivity contribution in [3.05, 3.63) is 74.8 Å². The van der Waals surface area contributed by atoms with Crippen LogP contribution in [0.5, 0.6) is 0 Å². The number of anilines is 1. The average Bonchev–Trinajstić information content (AvgIpc) is 3.60. The molecule has 2 aromatic carbocycles. The molecule has 2 amide bonds. The van der Waals surface area contributed by atoms with E-state index in [1.807, 2.05) is 0 Å². The number of hydrogen-bond acceptors (Lipinski definition) is 6. The molecule has 0 atom stereocenters. The fraction of sp³-hybridized carbons (Fsp3) is 0.227. The number of H-pyrrole nitrogens is 1. The Labute approximate surface area is 181 Å². The highest BCUT2D eigenvalue weighted by Crippen LogP contribution is 2.21. The molecule has 4 rings (SSSR count). The number of nitrogens with zero attached hydrogens (tertiary/aromatic N) is 1. The minimum Gasteiger partial charge on any atom is -0.454 e. The number of aromatic nitrogens is 2. The smallest absolute Gasteiger partial charge is 0.328 e. The quantitative estimate of drug-likeness (QED) is 0.468. The number of carbonyl (C=O) groups excluding carboxylic acids is 3. The van der Waals surface area contributed by atoms with Crippen LogP contribution in [0.25, 0.3) is 10.8 Å². The summed E-state index contributed by atoms with van der Waals surface area (Å²) in [6.45, 7) is -1.18. The predicted octanol–water partition coefficient (Wildman–Crippen LogP) is 0.764. The average molecular weight is 436 g/mol. The van der Waals surface area contributed by atoms with Gasteiger partial charge in [0, 0.05) is 6.04 Å². The fourth-order valence-corrected chi connectivity index (χ4v) is 3.15. The molecule has 0 spiro atoms. The molecule has 1 saturated carbocycles. The number of amides is 2. The number of ether oxygens (including phenoxy) is 1. The van der Waals surface area contributed by atoms with E-state index in [1.54, 1.807) is 36.4 Å². The molecule has 1 fully saturated rings. The maximum Gasteiger partial charge on any atom is 0.328 e. The Balaban J connectivity index is 1.37. The minimum absolute atomic E-state index is 0.164. The zero-order valence-electron chi connectivity index (χ0n) is 16.9. The molecule has 32 heavy (non-hydrogen) atoms. The van der Waals surface area contributed by atoms with Crippen LogP contribution >= 0.6 is 0 Å². The zero-order chi connectivity index (χ0) is 22.7. The van der Waals surface area contributed by atoms with E-state index in [0.717, 1.165) is 17.5 Å². The summed E-state index contributed by atoms with van der Waals surface area (Å²) in [4.78, 5) is 61.2. The lowest BCUT2D eigenvalue weighted by Crippen LogP contribution is -2.33. The van der Waals surface area contributed by atoms with Crippen molar-refractivity contribution in [3.63, 3.8) is 0 Å². The zero-order valence-corrected chi connectivity index (χ0v) is 16.9. The van der Waals surface area contributed by atoms with Crippen LogP contribution in [-0.2, 0) is 20.9 Å². The normalized spacial score (nSPS) is 12.9. The maximum atomic E-state index is 12.4. The van der Waals surface area contributed by atoms with E-state index in [-0.39, 0.29) is 22.7 Å². The van der Waals surface area contributed by atoms with Crippen molar-refractivity contribution in [2.75, 3.05) is 11.9 Å². The molecule has 1 aromatic heterocycles. The van der Waals surface area contributed by atoms with Crippen LogP contribution in [0.4, 0.5) is 5.69 Å². The Kier molecular flexibility index (Phi) is 5.84. The van der Waals surface area contributed by atoms with Crippen molar-refractivity contribution < 1.29 is 19.1 Å². The molecular weight excluding hydrogens is 416 g/mol. The lowest BCUT2D eigenvalue weighted by molar-refractivity contribution is -0.148. The monoisotopic (exact) mass is 436 g/mol. The highest BCUT2D eigenvalue weighted by molar-refractivity contribution is 6.04. The first kappa shape index (κ1) is 21.0. The van der Waals surface area contributed by atoms with E-state index in [4.69, 9.17) is 4.74 Å². The number of hydrogen-bond donors (Lipinski definition) is 3. The van der Waals surface area contributed by atoms with Gasteiger partial charge < -0.3 is 15.4 Å². The predicted molar refractivity (Wildman–Crippen MR) is 115 cm³/mol. The molecule has 164 valence electrons. The third kappa shape index (κ3) is 4.75. The summed E-state index contributed by atoms with van der Waals surface area (Å²) in [7, 11) is 0. The SMILES string of the molecule is O=C(COC(=O)Cn1[nH]c(=O)c2ccccc2c1=O)Nc1ccccc1C(=O)NC1CC1. The lowest BCUT2D eigenvalue weighted by atomic mass is 10.1. The molecule has 3 aromatic rings. The van der Waals surface area contributed by atoms with Crippen LogP contribution in [0, 0.1) is 0 Å². The second-order valence-corrected chi connectivity index (χ2v) is 7.38. The van der Waals surface area contributed by atoms with Crippen LogP contribution in [0.15, 0.2) is 58.1 Å². The van der Waals surface area contributed by atoms with Gasteiger partial charge in [-0.15, -0.1) is 0 Å². The molecule has 1 aliphatic carbocycles. The largest absolute Gasteiger partial charge is 0.454 e. The van der Waals surface area contributed by atoms with Crippen molar-refractivity contribution in [2.24, 2.45) is 0 Å². The van der Waals surface area contributed by atoms with Gasteiger partial charge >= 0.3 is 5.97 Å². The van der Waals surface area contributed by atoms with Crippen LogP contribution in [0.1, 0.15) is 23.2 Å². The third-order valence-electron chi connectivity index (χ3n) is 4.89. The second kappa shape index (κ2) is 8.88. The summed E-state index contributed by atoms with van der Waals surface area (Å²) in [5.74, 6) is -1.82. The van der Waals surface area contributed by atoms with E-state index in [9.17, 15) is 24.0 Å². The van der Waals surface area contributed by atoms with E-state index >= 15 is 0 Å². The molecule has 0 unspecified atom stereocenters. The Hall–Kier alpha value is -4.21. The van der Waals surface area contributed by atoms with Crippen molar-refractivity contribution in [2.45, 2.75) is 25.4 Å². The summed E-state index contributed by atoms with van der Waals surface area (Å²) in [6, 6.07) is 12.9. The van der Waals surface area contributed by atoms with Gasteiger partial charge in [-0.25, -0.2) is 4.68 Å². The Bertz CT molecular complexity index is 1320. The first-order chi connectivity index (χ1) is 15.4. The van der Waals surface area contributed by atoms with Crippen LogP contribution in [0.2, 0.25) is 0 Å². The number of carbonyl (C=O) groups is 3. The number of fused-ring (bicyclic) bond motifs is 1. The van der Waals surface area contributed by atoms with Gasteiger partial charge in [-0.3, -0.25) is 29.1 Å². The van der Waals surface area contributed by atoms with Crippen LogP contribution in [-0.4, -0.2) is 40.2 Å². The van der Waals surface area contributed by atoms with Crippen molar-refractivity contribution in [1.82, 2.24) is 15.1 Å². The second-order valence-electron chi connectivity index (χ2n) is 7.38. The molecule has 0 aliphatic heterocycles. The molecule has 0 radical (unpaired) electrons. The van der Waals surface area contributed by atoms with E-state index in [1.165, 1.54) is 12.1 Å². The van der Waals surface area contributed by atoms with Gasteiger partial charge in [0.1, 0.15) is 6.54 Å². The van der Waals surface area contributed by atoms with Gasteiger partial charge in [0.2, 0.25) is 0 Å². The molecule has 3 N–H and O–H groups in total. The summed E-state index contributed by atoms with van der Waals surface area (Å²) in [6.07, 6.45) is 1.86. The maximum absolute atomic E-state index is 12.4. The van der Waals surface area contributed by atoms with Crippen LogP contribution < -0.4 is 21.8 Å². The summed E-state index contributed by atoms with van der Waals surface area (Å²) < 4.78 is 5.76. The molecular formula is C22H20N4O6. The third-order valence-corrected chi connectivity index (χ3v) is 4.89. The molecule has 0 saturated heterocycles. The number of nitrogens with one attached hydrogen (secondary N) is 3. The minimum atomic E-state index is -0.882. The number of rotatable bonds is 7. The van der Waals surface area contributed by atoms with Gasteiger partial charge in [-0.2, -0.15) is 0 Å². The number of para-hydroxylation sites is 1. The Morgan fingerprint density at radius 3 is 2.44 bits per heavy atom. The van der Waals surface area contributed by atoms with Crippen LogP contribution in [0.3, 0.4) is 0 Å². The lowest BCUT2D eigenvalue weighted by Gasteiger charge is -2.11. The van der Waals surface area contributed by atoms with Gasteiger partial charge in [-0.05, 0) is 37.1 Å². The highest BCUT2D eigenvalue weighted by Gasteiger charge is 2.25. The highest BCUT2D eigenvalue weighted by atomic mass is 16.5. The fourth-order valence-electron chi connectivity index (χ4n) is 3.15. The summed E-state index contributed by atoms with van der Waals surface area (Å²) in [5, 5.41) is 8.10. The Morgan fingerprint density at radius 2 is 1.69 bits per heavy atom. The number of aromatic amines is 1. The molecule has 1 aliphatic rings. The Morgan fingerprint density at radius 1 is 1.00 bits per heavy atom. The van der Waals surface area contributed by atoms with Gasteiger partial charge in [-0.1, -0.05) is 24.3 Å². The van der Waals surface area contributed by atoms with Crippen molar-refractivity contribution in [1.29, 1.82) is 0 Å². The molecule has 1 heterocycles. The number of benzene rings is 2. The molecule has 0 bridgehead atoms. The molecule has 10 nitrogen and oxygen atoms in total. The van der Waals surface area contributed by atoms with E-state index < -0.39 is 36.1 Å². The van der Waals surface area contributed by atoms with Crippen molar-refractivity contribution in [3.8, 4) is 0 Å². The topological polar surface area (TPSA) is 139 Å². The first-order valence-electron chi connectivity index (χ1n) is 9.99. The van der Waals surface area contributed by atoms with E-state index in [0.29, 0.717) is 11.3 Å². The van der Waals surface area contributed by atoms with E-state index in [2.05, 4.69) is 15.7 Å². The summed E-state index contributed by atoms with van der Waals surface area (Å²) >= 11 is 0. The van der Waals surface area contributed by atoms with Gasteiger partial charge in [0.05, 0.1) is 22.0 Å². The summed E-state index contributed by atoms with van der Waals surface area (Å²) in [5.41, 5.74) is -0.481. The van der Waals surface area contributed by atoms with Crippen molar-refractivity contribution >= 4 is 34.2 Å². The first-order valence-corrected chi connectivity index (χ1v) is 9.99. The van der Waals surface area contributed by atoms with Gasteiger partial charge in [0.25, 0.3) is 22.9 Å². The number of esters is 1. The van der Waals surface area contributed by atoms with Gasteiger partial charge in [0.15, 0.2) is 6.61 Å².